The average Bonchev–Trinajstić information content (AvgIpc) is 2.46. The summed E-state index contributed by atoms with van der Waals surface area (Å²) < 4.78 is 0. The second-order valence-corrected chi connectivity index (χ2v) is 5.06. The van der Waals surface area contributed by atoms with Gasteiger partial charge in [0.2, 0.25) is 0 Å². The van der Waals surface area contributed by atoms with Crippen LogP contribution < -0.4 is 21.5 Å². The summed E-state index contributed by atoms with van der Waals surface area (Å²) in [5, 5.41) is 14.0. The molecule has 0 saturated heterocycles. The van der Waals surface area contributed by atoms with Crippen molar-refractivity contribution in [3.63, 3.8) is 0 Å². The number of hydrogen-bond donors (Lipinski definition) is 4. The molecule has 0 unspecified atom stereocenters. The Kier molecular flexibility index (Phi) is 9.79. The molecule has 22 heavy (non-hydrogen) atoms. The second kappa shape index (κ2) is 10.7. The number of thiocarbonyl (C=S) groups is 2. The third-order valence-electron chi connectivity index (χ3n) is 2.37. The summed E-state index contributed by atoms with van der Waals surface area (Å²) in [4.78, 5) is 21.9. The molecule has 0 aliphatic rings. The molecule has 0 aromatic rings. The van der Waals surface area contributed by atoms with Crippen LogP contribution in [0.5, 0.6) is 0 Å². The van der Waals surface area contributed by atoms with Crippen molar-refractivity contribution in [2.24, 2.45) is 10.2 Å². The third kappa shape index (κ3) is 9.88. The Labute approximate surface area is 140 Å². The van der Waals surface area contributed by atoms with Gasteiger partial charge in [0.05, 0.1) is 0 Å². The van der Waals surface area contributed by atoms with E-state index >= 15 is 0 Å². The molecule has 0 heterocycles. The SMILES string of the molecule is CC(=O)/C(C)=N\NC(=S)NCCNC(=S)N/N=C(/C)C(C)=O. The van der Waals surface area contributed by atoms with Crippen LogP contribution in [0.3, 0.4) is 0 Å². The minimum Gasteiger partial charge on any atom is -0.360 e. The predicted octanol–water partition coefficient (Wildman–Crippen LogP) is -0.156. The van der Waals surface area contributed by atoms with Gasteiger partial charge in [0.15, 0.2) is 21.8 Å². The van der Waals surface area contributed by atoms with Gasteiger partial charge in [-0.05, 0) is 38.3 Å². The van der Waals surface area contributed by atoms with Crippen molar-refractivity contribution >= 4 is 57.7 Å². The van der Waals surface area contributed by atoms with E-state index in [1.807, 2.05) is 0 Å². The topological polar surface area (TPSA) is 107 Å². The first-order chi connectivity index (χ1) is 10.2. The molecule has 0 aliphatic carbocycles. The Hall–Kier alpha value is -1.94. The van der Waals surface area contributed by atoms with Crippen molar-refractivity contribution < 1.29 is 9.59 Å². The van der Waals surface area contributed by atoms with E-state index in [1.165, 1.54) is 13.8 Å². The van der Waals surface area contributed by atoms with Gasteiger partial charge >= 0.3 is 0 Å². The van der Waals surface area contributed by atoms with Crippen molar-refractivity contribution in [3.05, 3.63) is 0 Å². The number of carbonyl (C=O) groups is 2. The van der Waals surface area contributed by atoms with Gasteiger partial charge in [0, 0.05) is 26.9 Å². The largest absolute Gasteiger partial charge is 0.360 e. The highest BCUT2D eigenvalue weighted by Crippen LogP contribution is 1.79. The lowest BCUT2D eigenvalue weighted by Crippen LogP contribution is -2.41. The molecule has 0 rings (SSSR count). The van der Waals surface area contributed by atoms with Crippen LogP contribution in [-0.2, 0) is 9.59 Å². The van der Waals surface area contributed by atoms with Crippen molar-refractivity contribution in [2.75, 3.05) is 13.1 Å². The number of hydrazone groups is 2. The molecule has 8 nitrogen and oxygen atoms in total. The first kappa shape index (κ1) is 20.1. The molecule has 0 aromatic carbocycles. The lowest BCUT2D eigenvalue weighted by Gasteiger charge is -2.10. The van der Waals surface area contributed by atoms with Crippen LogP contribution in [0.25, 0.3) is 0 Å². The van der Waals surface area contributed by atoms with Crippen LogP contribution in [0, 0.1) is 0 Å². The minimum atomic E-state index is -0.130. The number of nitrogens with zero attached hydrogens (tertiary/aromatic N) is 2. The number of carbonyl (C=O) groups excluding carboxylic acids is 2. The quantitative estimate of drug-likeness (QED) is 0.219. The molecule has 0 amide bonds. The number of hydrogen-bond acceptors (Lipinski definition) is 6. The molecule has 0 saturated carbocycles. The summed E-state index contributed by atoms with van der Waals surface area (Å²) >= 11 is 9.95. The van der Waals surface area contributed by atoms with Gasteiger partial charge in [0.25, 0.3) is 0 Å². The third-order valence-corrected chi connectivity index (χ3v) is 2.84. The Bertz CT molecular complexity index is 470. The summed E-state index contributed by atoms with van der Waals surface area (Å²) in [5.41, 5.74) is 5.79. The van der Waals surface area contributed by atoms with E-state index in [0.717, 1.165) is 0 Å². The summed E-state index contributed by atoms with van der Waals surface area (Å²) in [7, 11) is 0. The molecule has 10 heteroatoms. The summed E-state index contributed by atoms with van der Waals surface area (Å²) in [6, 6.07) is 0. The Morgan fingerprint density at radius 3 is 1.36 bits per heavy atom. The van der Waals surface area contributed by atoms with Gasteiger partial charge < -0.3 is 10.6 Å². The zero-order valence-corrected chi connectivity index (χ0v) is 14.6. The molecule has 0 radical (unpaired) electrons. The zero-order chi connectivity index (χ0) is 17.1. The van der Waals surface area contributed by atoms with Crippen LogP contribution in [0.15, 0.2) is 10.2 Å². The molecule has 0 atom stereocenters. The van der Waals surface area contributed by atoms with Gasteiger partial charge in [-0.15, -0.1) is 0 Å². The highest BCUT2D eigenvalue weighted by Gasteiger charge is 2.00. The monoisotopic (exact) mass is 344 g/mol. The van der Waals surface area contributed by atoms with Crippen LogP contribution in [0.1, 0.15) is 27.7 Å². The number of nitrogens with one attached hydrogen (secondary N) is 4. The van der Waals surface area contributed by atoms with E-state index in [2.05, 4.69) is 31.7 Å². The second-order valence-electron chi connectivity index (χ2n) is 4.24. The molecular formula is C12H20N6O2S2. The highest BCUT2D eigenvalue weighted by molar-refractivity contribution is 7.80. The molecule has 0 fully saturated rings. The summed E-state index contributed by atoms with van der Waals surface area (Å²) in [6.45, 7) is 6.99. The van der Waals surface area contributed by atoms with Gasteiger partial charge in [-0.2, -0.15) is 10.2 Å². The van der Waals surface area contributed by atoms with E-state index < -0.39 is 0 Å². The van der Waals surface area contributed by atoms with Crippen molar-refractivity contribution in [1.82, 2.24) is 21.5 Å². The average molecular weight is 344 g/mol. The fraction of sp³-hybridized carbons (Fsp3) is 0.500. The molecule has 4 N–H and O–H groups in total. The molecular weight excluding hydrogens is 324 g/mol. The van der Waals surface area contributed by atoms with Gasteiger partial charge in [-0.25, -0.2) is 0 Å². The lowest BCUT2D eigenvalue weighted by molar-refractivity contribution is -0.111. The lowest BCUT2D eigenvalue weighted by atomic mass is 10.3. The van der Waals surface area contributed by atoms with Crippen LogP contribution in [0.2, 0.25) is 0 Å². The minimum absolute atomic E-state index is 0.130. The molecule has 0 bridgehead atoms. The zero-order valence-electron chi connectivity index (χ0n) is 12.9. The maximum Gasteiger partial charge on any atom is 0.187 e. The van der Waals surface area contributed by atoms with Gasteiger partial charge in [0.1, 0.15) is 11.4 Å². The number of ketones is 2. The maximum atomic E-state index is 10.9. The fourth-order valence-corrected chi connectivity index (χ4v) is 1.15. The van der Waals surface area contributed by atoms with E-state index in [9.17, 15) is 9.59 Å². The Morgan fingerprint density at radius 2 is 1.09 bits per heavy atom. The predicted molar refractivity (Wildman–Crippen MR) is 95.1 cm³/mol. The van der Waals surface area contributed by atoms with Gasteiger partial charge in [-0.1, -0.05) is 0 Å². The standard InChI is InChI=1S/C12H20N6O2S2/c1-7(9(3)19)15-17-11(21)13-5-6-14-12(22)18-16-8(2)10(4)20/h5-6H2,1-4H3,(H2,13,17,21)(H2,14,18,22)/b15-7-,16-8-. The normalized spacial score (nSPS) is 11.5. The Morgan fingerprint density at radius 1 is 0.773 bits per heavy atom. The van der Waals surface area contributed by atoms with E-state index in [1.54, 1.807) is 13.8 Å². The highest BCUT2D eigenvalue weighted by atomic mass is 32.1. The first-order valence-electron chi connectivity index (χ1n) is 6.42. The van der Waals surface area contributed by atoms with Crippen LogP contribution >= 0.6 is 24.4 Å². The van der Waals surface area contributed by atoms with E-state index in [0.29, 0.717) is 34.7 Å². The molecule has 0 spiro atoms. The van der Waals surface area contributed by atoms with Crippen molar-refractivity contribution in [1.29, 1.82) is 0 Å². The maximum absolute atomic E-state index is 10.9. The van der Waals surface area contributed by atoms with E-state index in [-0.39, 0.29) is 11.6 Å². The molecule has 0 aliphatic heterocycles. The molecule has 0 aromatic heterocycles. The summed E-state index contributed by atoms with van der Waals surface area (Å²) in [5.74, 6) is -0.260. The van der Waals surface area contributed by atoms with Crippen LogP contribution in [-0.4, -0.2) is 46.3 Å². The van der Waals surface area contributed by atoms with Crippen LogP contribution in [0.4, 0.5) is 0 Å². The van der Waals surface area contributed by atoms with E-state index in [4.69, 9.17) is 24.4 Å². The van der Waals surface area contributed by atoms with Crippen molar-refractivity contribution in [3.8, 4) is 0 Å². The number of rotatable bonds is 7. The van der Waals surface area contributed by atoms with Crippen molar-refractivity contribution in [2.45, 2.75) is 27.7 Å². The Balaban J connectivity index is 3.89. The first-order valence-corrected chi connectivity index (χ1v) is 7.23. The van der Waals surface area contributed by atoms with Gasteiger partial charge in [-0.3, -0.25) is 20.4 Å². The number of Topliss-reactive ketones (excluding diaryl/α,β-unsaturated/α-hetero) is 2. The summed E-state index contributed by atoms with van der Waals surface area (Å²) in [6.07, 6.45) is 0. The molecule has 122 valence electrons. The fourth-order valence-electron chi connectivity index (χ4n) is 0.858. The smallest absolute Gasteiger partial charge is 0.187 e.